The highest BCUT2D eigenvalue weighted by Crippen LogP contribution is 2.68. The van der Waals surface area contributed by atoms with Crippen molar-refractivity contribution >= 4 is 161 Å². The standard InChI is InChI=1S/C132H87N3O3S2/c1-81-33-13-17-45-96(81)104-72-88(66-65-86(104)69-82-34-7-4-8-35-82)106-75-95(77-109-101-49-22-27-61-121(101)138-129(106)109)134(92-44-29-39-85(71-92)97-51-30-52-102-98-46-18-23-53-111(98)131(2,3)127(97)102)116-57-31-55-114-126(116)103-50-19-24-54-112(103)132(114)113-68-67-93(133(90-40-9-5-10-41-90)94-74-105(87-64-63-83-36-14-15-37-84(83)70-87)128-108(76-94)100-48-21-26-60-120(100)137-128)78-125(113)140-130-115(132)56-32-58-117(130)135(91-42-11-6-12-43-91)118-80-122-107(99-47-20-25-59-119(99)136-122)79-110(118)124-73-89-38-16-28-62-123(89)139-124/h4-68,70-80H,69H2,1-3H3. The number of fused-ring (bicyclic) bond motifs is 23. The van der Waals surface area contributed by atoms with Gasteiger partial charge < -0.3 is 28.0 Å². The topological polar surface area (TPSA) is 49.1 Å². The zero-order chi connectivity index (χ0) is 92.6. The first-order chi connectivity index (χ1) is 69.1. The van der Waals surface area contributed by atoms with Gasteiger partial charge in [0.2, 0.25) is 0 Å². The fourth-order valence-electron chi connectivity index (χ4n) is 23.6. The smallest absolute Gasteiger partial charge is 0.143 e. The van der Waals surface area contributed by atoms with Crippen LogP contribution in [-0.2, 0) is 17.3 Å². The number of aryl methyl sites for hydroxylation is 1. The molecule has 25 aromatic rings. The maximum Gasteiger partial charge on any atom is 0.143 e. The first kappa shape index (κ1) is 81.4. The Morgan fingerprint density at radius 3 is 1.55 bits per heavy atom. The van der Waals surface area contributed by atoms with E-state index in [-0.39, 0.29) is 5.41 Å². The molecule has 660 valence electrons. The summed E-state index contributed by atoms with van der Waals surface area (Å²) in [6, 6.07) is 172. The van der Waals surface area contributed by atoms with Gasteiger partial charge in [-0.15, -0.1) is 11.3 Å². The summed E-state index contributed by atoms with van der Waals surface area (Å²) in [7, 11) is 0. The molecule has 4 aromatic heterocycles. The van der Waals surface area contributed by atoms with Crippen molar-refractivity contribution in [2.45, 2.75) is 47.8 Å². The highest BCUT2D eigenvalue weighted by molar-refractivity contribution is 7.99. The average Bonchev–Trinajstić information content (AvgIpc) is 1.36. The van der Waals surface area contributed by atoms with Gasteiger partial charge in [0, 0.05) is 120 Å². The molecule has 5 heterocycles. The van der Waals surface area contributed by atoms with Gasteiger partial charge in [0.25, 0.3) is 0 Å². The van der Waals surface area contributed by atoms with E-state index < -0.39 is 5.41 Å². The van der Waals surface area contributed by atoms with Gasteiger partial charge in [-0.05, 0) is 263 Å². The summed E-state index contributed by atoms with van der Waals surface area (Å²) in [5, 5.41) is 9.81. The van der Waals surface area contributed by atoms with Gasteiger partial charge in [0.05, 0.1) is 22.5 Å². The van der Waals surface area contributed by atoms with Crippen LogP contribution in [0.3, 0.4) is 0 Å². The largest absolute Gasteiger partial charge is 0.456 e. The van der Waals surface area contributed by atoms with Gasteiger partial charge in [0.1, 0.15) is 33.5 Å². The molecule has 0 N–H and O–H groups in total. The molecular weight excluding hydrogens is 1740 g/mol. The monoisotopic (exact) mass is 1830 g/mol. The number of nitrogens with zero attached hydrogens (tertiary/aromatic N) is 3. The van der Waals surface area contributed by atoms with Crippen molar-refractivity contribution in [2.24, 2.45) is 0 Å². The Bertz CT molecular complexity index is 9390. The number of thiophene rings is 1. The summed E-state index contributed by atoms with van der Waals surface area (Å²) in [5.74, 6) is 0. The fraction of sp³-hybridized carbons (Fsp3) is 0.0455. The molecule has 140 heavy (non-hydrogen) atoms. The van der Waals surface area contributed by atoms with Gasteiger partial charge in [0.15, 0.2) is 0 Å². The second kappa shape index (κ2) is 32.1. The number of anilines is 9. The summed E-state index contributed by atoms with van der Waals surface area (Å²) in [6.07, 6.45) is 0.766. The van der Waals surface area contributed by atoms with E-state index in [2.05, 4.69) is 497 Å². The van der Waals surface area contributed by atoms with E-state index in [0.717, 1.165) is 194 Å². The first-order valence-corrected chi connectivity index (χ1v) is 49.8. The predicted octanol–water partition coefficient (Wildman–Crippen LogP) is 37.5. The Kier molecular flexibility index (Phi) is 18.6. The molecule has 1 aliphatic heterocycles. The first-order valence-electron chi connectivity index (χ1n) is 48.2. The minimum atomic E-state index is -1.01. The SMILES string of the molecule is Cc1ccccc1-c1cc(-c2cc(N(c3cccc(-c4cccc5c4C(C)(C)c4ccccc4-5)c3)c3cccc4c3-c3ccccc3C43c4ccc(N(c5ccccc5)c5cc(-c6ccc7ccccc7c6)c6oc7ccccc7c6c5)cc4Sc4c(N(c5ccccc5)c5cc6oc7ccccc7c6cc5-c5cc6ccccc6s5)cccc43)cc3c2oc2ccccc23)ccc1Cc1ccccc1. The summed E-state index contributed by atoms with van der Waals surface area (Å²) in [5.41, 5.74) is 38.5. The normalized spacial score (nSPS) is 13.8. The fourth-order valence-corrected chi connectivity index (χ4v) is 26.0. The van der Waals surface area contributed by atoms with Gasteiger partial charge in [-0.1, -0.05) is 347 Å². The highest BCUT2D eigenvalue weighted by Gasteiger charge is 2.53. The summed E-state index contributed by atoms with van der Waals surface area (Å²) < 4.78 is 22.8. The molecule has 21 aromatic carbocycles. The van der Waals surface area contributed by atoms with Crippen molar-refractivity contribution in [2.75, 3.05) is 14.7 Å². The van der Waals surface area contributed by atoms with Gasteiger partial charge in [-0.2, -0.15) is 0 Å². The third-order valence-corrected chi connectivity index (χ3v) is 32.2. The second-order valence-electron chi connectivity index (χ2n) is 38.0. The van der Waals surface area contributed by atoms with E-state index in [9.17, 15) is 0 Å². The average molecular weight is 1830 g/mol. The Labute approximate surface area is 818 Å². The van der Waals surface area contributed by atoms with Crippen LogP contribution in [0.5, 0.6) is 0 Å². The zero-order valence-electron chi connectivity index (χ0n) is 77.0. The molecule has 0 amide bonds. The van der Waals surface area contributed by atoms with Gasteiger partial charge in [-0.3, -0.25) is 0 Å². The summed E-state index contributed by atoms with van der Waals surface area (Å²) >= 11 is 3.70. The van der Waals surface area contributed by atoms with Crippen molar-refractivity contribution in [1.82, 2.24) is 0 Å². The van der Waals surface area contributed by atoms with Crippen LogP contribution in [0, 0.1) is 6.92 Å². The van der Waals surface area contributed by atoms with Crippen LogP contribution in [0.4, 0.5) is 51.2 Å². The summed E-state index contributed by atoms with van der Waals surface area (Å²) in [6.45, 7) is 7.05. The lowest BCUT2D eigenvalue weighted by molar-refractivity contribution is 0.662. The lowest BCUT2D eigenvalue weighted by Gasteiger charge is -2.42. The van der Waals surface area contributed by atoms with Crippen LogP contribution in [0.25, 0.3) is 164 Å². The van der Waals surface area contributed by atoms with E-state index >= 15 is 0 Å². The highest BCUT2D eigenvalue weighted by atomic mass is 32.2. The molecular formula is C132H87N3O3S2. The number of hydrogen-bond acceptors (Lipinski definition) is 8. The van der Waals surface area contributed by atoms with Crippen molar-refractivity contribution in [3.05, 3.63) is 511 Å². The zero-order valence-corrected chi connectivity index (χ0v) is 78.6. The number of hydrogen-bond donors (Lipinski definition) is 0. The molecule has 0 radical (unpaired) electrons. The third kappa shape index (κ3) is 12.7. The molecule has 0 saturated carbocycles. The predicted molar refractivity (Wildman–Crippen MR) is 585 cm³/mol. The van der Waals surface area contributed by atoms with Crippen molar-refractivity contribution in [3.63, 3.8) is 0 Å². The molecule has 28 rings (SSSR count). The van der Waals surface area contributed by atoms with Crippen molar-refractivity contribution < 1.29 is 13.3 Å². The van der Waals surface area contributed by atoms with Crippen molar-refractivity contribution in [1.29, 1.82) is 0 Å². The van der Waals surface area contributed by atoms with Crippen molar-refractivity contribution in [3.8, 4) is 77.2 Å². The van der Waals surface area contributed by atoms with Gasteiger partial charge in [-0.25, -0.2) is 0 Å². The molecule has 8 heteroatoms. The van der Waals surface area contributed by atoms with Crippen LogP contribution in [0.15, 0.2) is 484 Å². The van der Waals surface area contributed by atoms with Gasteiger partial charge >= 0.3 is 0 Å². The van der Waals surface area contributed by atoms with Crippen LogP contribution >= 0.6 is 23.1 Å². The minimum absolute atomic E-state index is 0.300. The molecule has 1 atom stereocenters. The molecule has 3 aliphatic rings. The molecule has 0 bridgehead atoms. The Morgan fingerprint density at radius 1 is 0.271 bits per heavy atom. The maximum atomic E-state index is 7.37. The lowest BCUT2D eigenvalue weighted by Crippen LogP contribution is -2.33. The Morgan fingerprint density at radius 2 is 0.814 bits per heavy atom. The van der Waals surface area contributed by atoms with Crippen LogP contribution in [0.2, 0.25) is 0 Å². The van der Waals surface area contributed by atoms with Crippen LogP contribution < -0.4 is 14.7 Å². The van der Waals surface area contributed by atoms with E-state index in [4.69, 9.17) is 13.3 Å². The number of rotatable bonds is 16. The maximum absolute atomic E-state index is 7.37. The Hall–Kier alpha value is -17.0. The van der Waals surface area contributed by atoms with E-state index in [1.165, 1.54) is 87.8 Å². The second-order valence-corrected chi connectivity index (χ2v) is 40.2. The van der Waals surface area contributed by atoms with E-state index in [1.807, 2.05) is 23.1 Å². The summed E-state index contributed by atoms with van der Waals surface area (Å²) in [4.78, 5) is 11.0. The lowest BCUT2D eigenvalue weighted by atomic mass is 9.67. The molecule has 1 unspecified atom stereocenters. The Balaban J connectivity index is 0.722. The van der Waals surface area contributed by atoms with E-state index in [1.54, 1.807) is 0 Å². The quantitative estimate of drug-likeness (QED) is 0.0955. The van der Waals surface area contributed by atoms with Crippen LogP contribution in [-0.4, -0.2) is 0 Å². The minimum Gasteiger partial charge on any atom is -0.456 e. The van der Waals surface area contributed by atoms with E-state index in [0.29, 0.717) is 0 Å². The molecule has 0 fully saturated rings. The van der Waals surface area contributed by atoms with Crippen LogP contribution in [0.1, 0.15) is 63.9 Å². The molecule has 6 nitrogen and oxygen atoms in total. The molecule has 0 saturated heterocycles. The molecule has 1 spiro atoms. The number of benzene rings is 21. The number of para-hydroxylation sites is 5. The third-order valence-electron chi connectivity index (χ3n) is 29.8. The number of furan rings is 3. The molecule has 2 aliphatic carbocycles.